The van der Waals surface area contributed by atoms with Crippen LogP contribution in [0.5, 0.6) is 0 Å². The molecule has 2 rings (SSSR count). The Labute approximate surface area is 200 Å². The average Bonchev–Trinajstić information content (AvgIpc) is 2.77. The topological polar surface area (TPSA) is 114 Å². The fourth-order valence-corrected chi connectivity index (χ4v) is 4.49. The third-order valence-corrected chi connectivity index (χ3v) is 6.41. The van der Waals surface area contributed by atoms with Gasteiger partial charge in [-0.05, 0) is 48.1 Å². The fraction of sp³-hybridized carbons (Fsp3) is 0.417. The van der Waals surface area contributed by atoms with Crippen molar-refractivity contribution in [1.82, 2.24) is 15.5 Å². The van der Waals surface area contributed by atoms with Gasteiger partial charge >= 0.3 is 0 Å². The molecule has 0 bridgehead atoms. The monoisotopic (exact) mass is 493 g/mol. The van der Waals surface area contributed by atoms with Gasteiger partial charge in [-0.2, -0.15) is 4.72 Å². The lowest BCUT2D eigenvalue weighted by molar-refractivity contribution is -0.140. The Bertz CT molecular complexity index is 1040. The summed E-state index contributed by atoms with van der Waals surface area (Å²) in [4.78, 5) is 30.9. The van der Waals surface area contributed by atoms with E-state index in [0.29, 0.717) is 6.42 Å². The van der Waals surface area contributed by atoms with Crippen molar-refractivity contribution >= 4 is 21.8 Å². The van der Waals surface area contributed by atoms with Crippen molar-refractivity contribution in [2.24, 2.45) is 11.8 Å². The average molecular weight is 494 g/mol. The Morgan fingerprint density at radius 2 is 1.56 bits per heavy atom. The highest BCUT2D eigenvalue weighted by molar-refractivity contribution is 7.89. The highest BCUT2D eigenvalue weighted by Crippen LogP contribution is 2.14. The molecule has 0 saturated carbocycles. The third kappa shape index (κ3) is 8.51. The molecule has 0 aliphatic rings. The van der Waals surface area contributed by atoms with Gasteiger partial charge in [0.15, 0.2) is 0 Å². The molecule has 10 heteroatoms. The summed E-state index contributed by atoms with van der Waals surface area (Å²) in [5.74, 6) is -2.12. The van der Waals surface area contributed by atoms with Gasteiger partial charge in [-0.25, -0.2) is 18.3 Å². The minimum absolute atomic E-state index is 0.0681. The molecule has 0 fully saturated rings. The maximum absolute atomic E-state index is 13.2. The zero-order valence-electron chi connectivity index (χ0n) is 19.7. The maximum Gasteiger partial charge on any atom is 0.266 e. The molecule has 0 aliphatic carbocycles. The number of sulfonamides is 1. The fourth-order valence-electron chi connectivity index (χ4n) is 3.14. The van der Waals surface area contributed by atoms with Crippen LogP contribution in [0.4, 0.5) is 4.39 Å². The second kappa shape index (κ2) is 12.6. The lowest BCUT2D eigenvalue weighted by Gasteiger charge is -2.26. The Morgan fingerprint density at radius 3 is 2.12 bits per heavy atom. The molecule has 0 unspecified atom stereocenters. The number of nitrogens with one attached hydrogen (secondary N) is 3. The van der Waals surface area contributed by atoms with E-state index in [1.807, 2.05) is 44.2 Å². The van der Waals surface area contributed by atoms with E-state index in [4.69, 9.17) is 4.84 Å². The Morgan fingerprint density at radius 1 is 0.941 bits per heavy atom. The van der Waals surface area contributed by atoms with Crippen LogP contribution in [0.2, 0.25) is 0 Å². The lowest BCUT2D eigenvalue weighted by Crippen LogP contribution is -2.55. The second-order valence-electron chi connectivity index (χ2n) is 8.73. The Kier molecular flexibility index (Phi) is 10.2. The molecule has 34 heavy (non-hydrogen) atoms. The SMILES string of the molecule is CC(C)C[C@H](NC(=O)[C@@H](NS(=O)(=O)c1ccc(F)cc1)C(C)C)C(=O)NOCc1ccccc1. The van der Waals surface area contributed by atoms with Crippen LogP contribution < -0.4 is 15.5 Å². The van der Waals surface area contributed by atoms with Gasteiger partial charge < -0.3 is 5.32 Å². The van der Waals surface area contributed by atoms with Crippen LogP contribution in [0.1, 0.15) is 39.7 Å². The van der Waals surface area contributed by atoms with Crippen LogP contribution >= 0.6 is 0 Å². The van der Waals surface area contributed by atoms with E-state index in [1.54, 1.807) is 13.8 Å². The Hall–Kier alpha value is -2.82. The zero-order valence-corrected chi connectivity index (χ0v) is 20.6. The number of benzene rings is 2. The molecule has 2 amide bonds. The largest absolute Gasteiger partial charge is 0.343 e. The summed E-state index contributed by atoms with van der Waals surface area (Å²) in [7, 11) is -4.09. The summed E-state index contributed by atoms with van der Waals surface area (Å²) in [6, 6.07) is 11.5. The first-order valence-corrected chi connectivity index (χ1v) is 12.5. The summed E-state index contributed by atoms with van der Waals surface area (Å²) >= 11 is 0. The molecule has 0 saturated heterocycles. The van der Waals surface area contributed by atoms with Crippen molar-refractivity contribution in [3.63, 3.8) is 0 Å². The summed E-state index contributed by atoms with van der Waals surface area (Å²) in [5, 5.41) is 2.64. The normalized spacial score (nSPS) is 13.5. The van der Waals surface area contributed by atoms with E-state index in [0.717, 1.165) is 29.8 Å². The van der Waals surface area contributed by atoms with Gasteiger partial charge in [0.1, 0.15) is 17.9 Å². The molecule has 0 aliphatic heterocycles. The molecule has 2 aromatic rings. The van der Waals surface area contributed by atoms with Gasteiger partial charge in [0.05, 0.1) is 11.5 Å². The van der Waals surface area contributed by atoms with Crippen LogP contribution in [0.3, 0.4) is 0 Å². The molecule has 2 atom stereocenters. The summed E-state index contributed by atoms with van der Waals surface area (Å²) in [5.41, 5.74) is 3.22. The molecule has 0 spiro atoms. The molecule has 0 aromatic heterocycles. The first-order valence-electron chi connectivity index (χ1n) is 11.0. The summed E-state index contributed by atoms with van der Waals surface area (Å²) in [6.45, 7) is 7.31. The molecule has 2 aromatic carbocycles. The van der Waals surface area contributed by atoms with Gasteiger partial charge in [0, 0.05) is 0 Å². The van der Waals surface area contributed by atoms with E-state index < -0.39 is 45.7 Å². The van der Waals surface area contributed by atoms with Gasteiger partial charge in [-0.1, -0.05) is 58.0 Å². The third-order valence-electron chi connectivity index (χ3n) is 4.95. The van der Waals surface area contributed by atoms with Crippen molar-refractivity contribution in [3.8, 4) is 0 Å². The summed E-state index contributed by atoms with van der Waals surface area (Å²) in [6.07, 6.45) is 0.321. The zero-order chi connectivity index (χ0) is 25.3. The second-order valence-corrected chi connectivity index (χ2v) is 10.4. The van der Waals surface area contributed by atoms with Crippen molar-refractivity contribution in [1.29, 1.82) is 0 Å². The predicted octanol–water partition coefficient (Wildman–Crippen LogP) is 2.91. The first kappa shape index (κ1) is 27.4. The standard InChI is InChI=1S/C24H32FN3O5S/c1-16(2)14-21(23(29)27-33-15-18-8-6-5-7-9-18)26-24(30)22(17(3)4)28-34(31,32)20-12-10-19(25)11-13-20/h5-13,16-17,21-22,28H,14-15H2,1-4H3,(H,26,30)(H,27,29)/t21-,22-/m0/s1. The van der Waals surface area contributed by atoms with Crippen molar-refractivity contribution in [3.05, 3.63) is 66.0 Å². The molecule has 3 N–H and O–H groups in total. The number of hydrogen-bond donors (Lipinski definition) is 3. The molecule has 0 radical (unpaired) electrons. The van der Waals surface area contributed by atoms with Gasteiger partial charge in [0.2, 0.25) is 15.9 Å². The van der Waals surface area contributed by atoms with E-state index in [-0.39, 0.29) is 17.4 Å². The van der Waals surface area contributed by atoms with Crippen molar-refractivity contribution < 1.29 is 27.2 Å². The van der Waals surface area contributed by atoms with E-state index >= 15 is 0 Å². The maximum atomic E-state index is 13.2. The number of hydroxylamine groups is 1. The highest BCUT2D eigenvalue weighted by atomic mass is 32.2. The van der Waals surface area contributed by atoms with Gasteiger partial charge in [-0.3, -0.25) is 14.4 Å². The van der Waals surface area contributed by atoms with Crippen LogP contribution in [0, 0.1) is 17.7 Å². The predicted molar refractivity (Wildman–Crippen MR) is 126 cm³/mol. The minimum atomic E-state index is -4.09. The lowest BCUT2D eigenvalue weighted by atomic mass is 10.0. The molecular formula is C24H32FN3O5S. The highest BCUT2D eigenvalue weighted by Gasteiger charge is 2.31. The Balaban J connectivity index is 2.07. The quantitative estimate of drug-likeness (QED) is 0.394. The van der Waals surface area contributed by atoms with Crippen LogP contribution in [-0.2, 0) is 31.1 Å². The van der Waals surface area contributed by atoms with Crippen molar-refractivity contribution in [2.75, 3.05) is 0 Å². The van der Waals surface area contributed by atoms with Crippen molar-refractivity contribution in [2.45, 2.75) is 57.7 Å². The number of carbonyl (C=O) groups is 2. The molecule has 8 nitrogen and oxygen atoms in total. The van der Waals surface area contributed by atoms with E-state index in [1.165, 1.54) is 0 Å². The van der Waals surface area contributed by atoms with E-state index in [2.05, 4.69) is 15.5 Å². The first-order chi connectivity index (χ1) is 16.0. The van der Waals surface area contributed by atoms with Crippen LogP contribution in [0.25, 0.3) is 0 Å². The van der Waals surface area contributed by atoms with E-state index in [9.17, 15) is 22.4 Å². The number of carbonyl (C=O) groups excluding carboxylic acids is 2. The number of halogens is 1. The number of hydrogen-bond acceptors (Lipinski definition) is 5. The van der Waals surface area contributed by atoms with Gasteiger partial charge in [0.25, 0.3) is 5.91 Å². The minimum Gasteiger partial charge on any atom is -0.343 e. The smallest absolute Gasteiger partial charge is 0.266 e. The number of rotatable bonds is 12. The van der Waals surface area contributed by atoms with Crippen LogP contribution in [0.15, 0.2) is 59.5 Å². The van der Waals surface area contributed by atoms with Gasteiger partial charge in [-0.15, -0.1) is 0 Å². The molecule has 0 heterocycles. The molecular weight excluding hydrogens is 461 g/mol. The summed E-state index contributed by atoms with van der Waals surface area (Å²) < 4.78 is 41.0. The van der Waals surface area contributed by atoms with Crippen LogP contribution in [-0.4, -0.2) is 32.3 Å². The number of amides is 2. The molecule has 186 valence electrons.